The highest BCUT2D eigenvalue weighted by atomic mass is 19.4. The van der Waals surface area contributed by atoms with E-state index < -0.39 is 23.6 Å². The molecule has 3 nitrogen and oxygen atoms in total. The summed E-state index contributed by atoms with van der Waals surface area (Å²) in [6.07, 6.45) is -3.10. The number of rotatable bonds is 3. The molecular formula is C15H18F3NO2. The van der Waals surface area contributed by atoms with E-state index in [0.717, 1.165) is 18.6 Å². The number of alkyl halides is 3. The minimum absolute atomic E-state index is 0.0247. The maximum atomic E-state index is 12.7. The summed E-state index contributed by atoms with van der Waals surface area (Å²) in [6.45, 7) is 2.27. The standard InChI is InChI=1S/C15H18F3NO2/c1-9(14(20)21)10-5-6-19-13(8-10)11-3-2-4-12(7-11)15(16,17)18/h2-4,7,9-10,13,19H,5-6,8H2,1H3,(H,20,21)/t9?,10-,13+/m1/s1. The Bertz CT molecular complexity index is 516. The molecule has 1 saturated heterocycles. The molecule has 0 bridgehead atoms. The highest BCUT2D eigenvalue weighted by Gasteiger charge is 2.33. The second-order valence-electron chi connectivity index (χ2n) is 5.54. The van der Waals surface area contributed by atoms with Gasteiger partial charge in [0.25, 0.3) is 0 Å². The van der Waals surface area contributed by atoms with Crippen molar-refractivity contribution < 1.29 is 23.1 Å². The molecule has 0 radical (unpaired) electrons. The minimum atomic E-state index is -4.36. The van der Waals surface area contributed by atoms with Gasteiger partial charge >= 0.3 is 12.1 Å². The number of aliphatic carboxylic acids is 1. The van der Waals surface area contributed by atoms with Crippen LogP contribution in [0.5, 0.6) is 0 Å². The number of benzene rings is 1. The van der Waals surface area contributed by atoms with Gasteiger partial charge in [-0.3, -0.25) is 4.79 Å². The Morgan fingerprint density at radius 2 is 2.14 bits per heavy atom. The van der Waals surface area contributed by atoms with E-state index in [1.807, 2.05) is 0 Å². The van der Waals surface area contributed by atoms with Gasteiger partial charge in [-0.2, -0.15) is 13.2 Å². The molecule has 1 fully saturated rings. The molecule has 0 spiro atoms. The van der Waals surface area contributed by atoms with Crippen LogP contribution in [-0.4, -0.2) is 17.6 Å². The van der Waals surface area contributed by atoms with E-state index in [1.54, 1.807) is 13.0 Å². The lowest BCUT2D eigenvalue weighted by molar-refractivity contribution is -0.143. The van der Waals surface area contributed by atoms with Gasteiger partial charge in [-0.25, -0.2) is 0 Å². The molecule has 6 heteroatoms. The number of hydrogen-bond donors (Lipinski definition) is 2. The first kappa shape index (κ1) is 15.8. The zero-order valence-electron chi connectivity index (χ0n) is 11.7. The van der Waals surface area contributed by atoms with E-state index in [0.29, 0.717) is 18.5 Å². The molecule has 0 amide bonds. The van der Waals surface area contributed by atoms with Crippen LogP contribution in [-0.2, 0) is 11.0 Å². The number of carboxylic acid groups (broad SMARTS) is 1. The van der Waals surface area contributed by atoms with Crippen molar-refractivity contribution in [2.24, 2.45) is 11.8 Å². The molecule has 2 rings (SSSR count). The van der Waals surface area contributed by atoms with Crippen molar-refractivity contribution in [3.8, 4) is 0 Å². The monoisotopic (exact) mass is 301 g/mol. The van der Waals surface area contributed by atoms with E-state index >= 15 is 0 Å². The van der Waals surface area contributed by atoms with Crippen LogP contribution >= 0.6 is 0 Å². The second-order valence-corrected chi connectivity index (χ2v) is 5.54. The van der Waals surface area contributed by atoms with Crippen molar-refractivity contribution >= 4 is 5.97 Å². The van der Waals surface area contributed by atoms with E-state index in [9.17, 15) is 18.0 Å². The largest absolute Gasteiger partial charge is 0.481 e. The molecule has 0 aliphatic carbocycles. The molecular weight excluding hydrogens is 283 g/mol. The lowest BCUT2D eigenvalue weighted by atomic mass is 9.81. The van der Waals surface area contributed by atoms with Crippen LogP contribution in [0, 0.1) is 11.8 Å². The van der Waals surface area contributed by atoms with Crippen LogP contribution in [0.2, 0.25) is 0 Å². The van der Waals surface area contributed by atoms with Gasteiger partial charge in [0.05, 0.1) is 11.5 Å². The Balaban J connectivity index is 2.16. The molecule has 1 unspecified atom stereocenters. The van der Waals surface area contributed by atoms with E-state index in [2.05, 4.69) is 5.32 Å². The molecule has 1 heterocycles. The Morgan fingerprint density at radius 1 is 1.43 bits per heavy atom. The fourth-order valence-electron chi connectivity index (χ4n) is 2.79. The molecule has 1 aliphatic heterocycles. The fraction of sp³-hybridized carbons (Fsp3) is 0.533. The van der Waals surface area contributed by atoms with E-state index in [1.165, 1.54) is 6.07 Å². The first-order valence-electron chi connectivity index (χ1n) is 6.92. The third-order valence-corrected chi connectivity index (χ3v) is 4.16. The molecule has 2 N–H and O–H groups in total. The topological polar surface area (TPSA) is 49.3 Å². The van der Waals surface area contributed by atoms with Crippen molar-refractivity contribution in [1.29, 1.82) is 0 Å². The Morgan fingerprint density at radius 3 is 2.76 bits per heavy atom. The summed E-state index contributed by atoms with van der Waals surface area (Å²) in [4.78, 5) is 11.1. The average molecular weight is 301 g/mol. The molecule has 0 saturated carbocycles. The van der Waals surface area contributed by atoms with Gasteiger partial charge in [-0.05, 0) is 43.0 Å². The lowest BCUT2D eigenvalue weighted by Crippen LogP contribution is -2.36. The highest BCUT2D eigenvalue weighted by Crippen LogP contribution is 2.35. The number of hydrogen-bond acceptors (Lipinski definition) is 2. The summed E-state index contributed by atoms with van der Waals surface area (Å²) < 4.78 is 38.2. The summed E-state index contributed by atoms with van der Waals surface area (Å²) in [6, 6.07) is 5.01. The number of carbonyl (C=O) groups is 1. The van der Waals surface area contributed by atoms with Crippen molar-refractivity contribution in [3.63, 3.8) is 0 Å². The quantitative estimate of drug-likeness (QED) is 0.899. The van der Waals surface area contributed by atoms with Crippen molar-refractivity contribution in [2.45, 2.75) is 32.0 Å². The minimum Gasteiger partial charge on any atom is -0.481 e. The lowest BCUT2D eigenvalue weighted by Gasteiger charge is -2.33. The van der Waals surface area contributed by atoms with Gasteiger partial charge in [0, 0.05) is 6.04 Å². The van der Waals surface area contributed by atoms with E-state index in [-0.39, 0.29) is 12.0 Å². The first-order valence-corrected chi connectivity index (χ1v) is 6.92. The maximum absolute atomic E-state index is 12.7. The first-order chi connectivity index (χ1) is 9.79. The smallest absolute Gasteiger partial charge is 0.416 e. The highest BCUT2D eigenvalue weighted by molar-refractivity contribution is 5.69. The number of halogens is 3. The SMILES string of the molecule is CC(C(=O)O)[C@@H]1CCN[C@H](c2cccc(C(F)(F)F)c2)C1. The Labute approximate surface area is 121 Å². The van der Waals surface area contributed by atoms with Crippen molar-refractivity contribution in [3.05, 3.63) is 35.4 Å². The summed E-state index contributed by atoms with van der Waals surface area (Å²) in [5, 5.41) is 12.3. The van der Waals surface area contributed by atoms with Gasteiger partial charge in [0.1, 0.15) is 0 Å². The van der Waals surface area contributed by atoms with Gasteiger partial charge in [0.2, 0.25) is 0 Å². The maximum Gasteiger partial charge on any atom is 0.416 e. The van der Waals surface area contributed by atoms with Gasteiger partial charge in [-0.1, -0.05) is 19.1 Å². The van der Waals surface area contributed by atoms with Crippen LogP contribution in [0.4, 0.5) is 13.2 Å². The predicted octanol–water partition coefficient (Wildman–Crippen LogP) is 3.47. The molecule has 0 aromatic heterocycles. The third-order valence-electron chi connectivity index (χ3n) is 4.16. The zero-order chi connectivity index (χ0) is 15.6. The third kappa shape index (κ3) is 3.75. The molecule has 1 aliphatic rings. The normalized spacial score (nSPS) is 24.6. The van der Waals surface area contributed by atoms with Crippen LogP contribution in [0.25, 0.3) is 0 Å². The van der Waals surface area contributed by atoms with Crippen LogP contribution in [0.1, 0.15) is 36.9 Å². The zero-order valence-corrected chi connectivity index (χ0v) is 11.7. The Hall–Kier alpha value is -1.56. The molecule has 3 atom stereocenters. The molecule has 116 valence electrons. The van der Waals surface area contributed by atoms with Crippen LogP contribution in [0.15, 0.2) is 24.3 Å². The average Bonchev–Trinajstić information content (AvgIpc) is 2.46. The summed E-state index contributed by atoms with van der Waals surface area (Å²) >= 11 is 0. The molecule has 1 aromatic rings. The molecule has 21 heavy (non-hydrogen) atoms. The van der Waals surface area contributed by atoms with Crippen LogP contribution in [0.3, 0.4) is 0 Å². The summed E-state index contributed by atoms with van der Waals surface area (Å²) in [7, 11) is 0. The van der Waals surface area contributed by atoms with Crippen molar-refractivity contribution in [1.82, 2.24) is 5.32 Å². The summed E-state index contributed by atoms with van der Waals surface area (Å²) in [5.74, 6) is -1.37. The summed E-state index contributed by atoms with van der Waals surface area (Å²) in [5.41, 5.74) is -0.109. The fourth-order valence-corrected chi connectivity index (χ4v) is 2.79. The van der Waals surface area contributed by atoms with E-state index in [4.69, 9.17) is 5.11 Å². The predicted molar refractivity (Wildman–Crippen MR) is 71.7 cm³/mol. The van der Waals surface area contributed by atoms with Gasteiger partial charge in [-0.15, -0.1) is 0 Å². The second kappa shape index (κ2) is 6.05. The number of nitrogens with one attached hydrogen (secondary N) is 1. The number of piperidine rings is 1. The van der Waals surface area contributed by atoms with Crippen LogP contribution < -0.4 is 5.32 Å². The number of carboxylic acids is 1. The van der Waals surface area contributed by atoms with Gasteiger partial charge in [0.15, 0.2) is 0 Å². The Kier molecular flexibility index (Phi) is 4.56. The molecule has 1 aromatic carbocycles. The van der Waals surface area contributed by atoms with Gasteiger partial charge < -0.3 is 10.4 Å². The van der Waals surface area contributed by atoms with Crippen molar-refractivity contribution in [2.75, 3.05) is 6.54 Å².